The standard InChI is InChI=1S/C17H20F3N5O3/c1-10(16(27)28)24-8-5-12(22-24)15(26)21-6-2-7-25-13(11-3-4-11)9-14(23-25)17(18,19)20/h5,8-11H,2-4,6-7H2,1H3,(H,21,26)(H,27,28). The second-order valence-corrected chi connectivity index (χ2v) is 6.75. The number of carboxylic acids is 1. The largest absolute Gasteiger partial charge is 0.480 e. The van der Waals surface area contributed by atoms with Crippen molar-refractivity contribution in [3.05, 3.63) is 35.4 Å². The zero-order valence-corrected chi connectivity index (χ0v) is 15.1. The first-order valence-electron chi connectivity index (χ1n) is 8.88. The molecule has 8 nitrogen and oxygen atoms in total. The van der Waals surface area contributed by atoms with Crippen molar-refractivity contribution in [2.45, 2.75) is 50.9 Å². The van der Waals surface area contributed by atoms with E-state index < -0.39 is 29.8 Å². The highest BCUT2D eigenvalue weighted by molar-refractivity contribution is 5.92. The van der Waals surface area contributed by atoms with Crippen LogP contribution in [-0.4, -0.2) is 43.1 Å². The SMILES string of the molecule is CC(C(=O)O)n1ccc(C(=O)NCCCn2nc(C(F)(F)F)cc2C2CC2)n1. The first kappa shape index (κ1) is 19.9. The first-order chi connectivity index (χ1) is 13.2. The summed E-state index contributed by atoms with van der Waals surface area (Å²) in [5.41, 5.74) is -0.234. The van der Waals surface area contributed by atoms with E-state index >= 15 is 0 Å². The van der Waals surface area contributed by atoms with Gasteiger partial charge in [-0.25, -0.2) is 4.79 Å². The van der Waals surface area contributed by atoms with Gasteiger partial charge in [0.05, 0.1) is 0 Å². The molecular weight excluding hydrogens is 379 g/mol. The van der Waals surface area contributed by atoms with Crippen LogP contribution in [0, 0.1) is 0 Å². The lowest BCUT2D eigenvalue weighted by atomic mass is 10.2. The number of carbonyl (C=O) groups excluding carboxylic acids is 1. The van der Waals surface area contributed by atoms with E-state index in [1.807, 2.05) is 0 Å². The Labute approximate surface area is 158 Å². The molecule has 1 amide bonds. The first-order valence-corrected chi connectivity index (χ1v) is 8.88. The van der Waals surface area contributed by atoms with Crippen molar-refractivity contribution in [3.63, 3.8) is 0 Å². The number of rotatable bonds is 8. The van der Waals surface area contributed by atoms with E-state index in [0.29, 0.717) is 12.1 Å². The van der Waals surface area contributed by atoms with Crippen LogP contribution in [0.5, 0.6) is 0 Å². The number of nitrogens with one attached hydrogen (secondary N) is 1. The molecule has 2 aromatic heterocycles. The molecule has 0 aromatic carbocycles. The molecular formula is C17H20F3N5O3. The molecule has 28 heavy (non-hydrogen) atoms. The number of carboxylic acid groups (broad SMARTS) is 1. The van der Waals surface area contributed by atoms with Gasteiger partial charge in [0.15, 0.2) is 5.69 Å². The van der Waals surface area contributed by atoms with Gasteiger partial charge in [-0.3, -0.25) is 14.2 Å². The molecule has 0 aliphatic heterocycles. The molecule has 1 unspecified atom stereocenters. The summed E-state index contributed by atoms with van der Waals surface area (Å²) in [6.07, 6.45) is -0.960. The molecule has 2 aromatic rings. The summed E-state index contributed by atoms with van der Waals surface area (Å²) in [5, 5.41) is 19.2. The fraction of sp³-hybridized carbons (Fsp3) is 0.529. The second kappa shape index (κ2) is 7.64. The molecule has 1 aliphatic rings. The molecule has 1 atom stereocenters. The Morgan fingerprint density at radius 3 is 2.68 bits per heavy atom. The number of hydrogen-bond acceptors (Lipinski definition) is 4. The third-order valence-corrected chi connectivity index (χ3v) is 4.52. The van der Waals surface area contributed by atoms with E-state index in [9.17, 15) is 22.8 Å². The minimum absolute atomic E-state index is 0.0743. The minimum atomic E-state index is -4.48. The number of aromatic nitrogens is 4. The number of halogens is 3. The predicted octanol–water partition coefficient (Wildman–Crippen LogP) is 2.44. The van der Waals surface area contributed by atoms with E-state index in [1.54, 1.807) is 0 Å². The van der Waals surface area contributed by atoms with E-state index in [0.717, 1.165) is 18.9 Å². The van der Waals surface area contributed by atoms with E-state index in [2.05, 4.69) is 15.5 Å². The third kappa shape index (κ3) is 4.52. The average molecular weight is 399 g/mol. The number of alkyl halides is 3. The Bertz CT molecular complexity index is 870. The van der Waals surface area contributed by atoms with Gasteiger partial charge in [0, 0.05) is 30.9 Å². The van der Waals surface area contributed by atoms with E-state index in [4.69, 9.17) is 5.11 Å². The highest BCUT2D eigenvalue weighted by Crippen LogP contribution is 2.42. The molecule has 0 spiro atoms. The van der Waals surface area contributed by atoms with Gasteiger partial charge in [-0.15, -0.1) is 0 Å². The molecule has 0 saturated heterocycles. The van der Waals surface area contributed by atoms with Crippen LogP contribution in [0.2, 0.25) is 0 Å². The molecule has 2 N–H and O–H groups in total. The van der Waals surface area contributed by atoms with Gasteiger partial charge in [0.25, 0.3) is 5.91 Å². The Morgan fingerprint density at radius 2 is 2.07 bits per heavy atom. The molecule has 0 bridgehead atoms. The molecule has 152 valence electrons. The van der Waals surface area contributed by atoms with Crippen molar-refractivity contribution in [2.24, 2.45) is 0 Å². The maximum Gasteiger partial charge on any atom is 0.435 e. The number of amides is 1. The van der Waals surface area contributed by atoms with Crippen LogP contribution < -0.4 is 5.32 Å². The summed E-state index contributed by atoms with van der Waals surface area (Å²) in [6, 6.07) is 1.61. The van der Waals surface area contributed by atoms with Crippen LogP contribution in [0.3, 0.4) is 0 Å². The third-order valence-electron chi connectivity index (χ3n) is 4.52. The zero-order valence-electron chi connectivity index (χ0n) is 15.1. The molecule has 2 heterocycles. The quantitative estimate of drug-likeness (QED) is 0.664. The lowest BCUT2D eigenvalue weighted by molar-refractivity contribution is -0.142. The minimum Gasteiger partial charge on any atom is -0.480 e. The number of hydrogen-bond donors (Lipinski definition) is 2. The van der Waals surface area contributed by atoms with Crippen LogP contribution in [0.1, 0.15) is 60.0 Å². The fourth-order valence-corrected chi connectivity index (χ4v) is 2.77. The maximum atomic E-state index is 12.9. The lowest BCUT2D eigenvalue weighted by Gasteiger charge is -2.08. The second-order valence-electron chi connectivity index (χ2n) is 6.75. The van der Waals surface area contributed by atoms with E-state index in [-0.39, 0.29) is 24.7 Å². The zero-order chi connectivity index (χ0) is 20.5. The van der Waals surface area contributed by atoms with Crippen molar-refractivity contribution in [1.82, 2.24) is 24.9 Å². The van der Waals surface area contributed by atoms with Crippen molar-refractivity contribution < 1.29 is 27.9 Å². The smallest absolute Gasteiger partial charge is 0.435 e. The van der Waals surface area contributed by atoms with Crippen LogP contribution in [0.25, 0.3) is 0 Å². The fourth-order valence-electron chi connectivity index (χ4n) is 2.77. The number of nitrogens with zero attached hydrogens (tertiary/aromatic N) is 4. The maximum absolute atomic E-state index is 12.9. The molecule has 11 heteroatoms. The predicted molar refractivity (Wildman–Crippen MR) is 90.7 cm³/mol. The highest BCUT2D eigenvalue weighted by Gasteiger charge is 2.37. The summed E-state index contributed by atoms with van der Waals surface area (Å²) in [4.78, 5) is 23.0. The Balaban J connectivity index is 1.53. The van der Waals surface area contributed by atoms with Gasteiger partial charge >= 0.3 is 12.1 Å². The Kier molecular flexibility index (Phi) is 5.43. The normalized spacial score (nSPS) is 15.4. The van der Waals surface area contributed by atoms with Crippen LogP contribution in [0.15, 0.2) is 18.3 Å². The summed E-state index contributed by atoms with van der Waals surface area (Å²) >= 11 is 0. The molecule has 1 fully saturated rings. The van der Waals surface area contributed by atoms with Gasteiger partial charge in [-0.2, -0.15) is 23.4 Å². The summed E-state index contributed by atoms with van der Waals surface area (Å²) in [7, 11) is 0. The molecule has 3 rings (SSSR count). The topological polar surface area (TPSA) is 102 Å². The number of aryl methyl sites for hydroxylation is 1. The number of aliphatic carboxylic acids is 1. The van der Waals surface area contributed by atoms with Crippen molar-refractivity contribution in [1.29, 1.82) is 0 Å². The van der Waals surface area contributed by atoms with Gasteiger partial charge in [-0.1, -0.05) is 0 Å². The average Bonchev–Trinajstić information content (AvgIpc) is 3.18. The van der Waals surface area contributed by atoms with Crippen molar-refractivity contribution >= 4 is 11.9 Å². The molecule has 1 saturated carbocycles. The summed E-state index contributed by atoms with van der Waals surface area (Å²) in [6.45, 7) is 1.92. The molecule has 0 radical (unpaired) electrons. The summed E-state index contributed by atoms with van der Waals surface area (Å²) in [5.74, 6) is -1.42. The van der Waals surface area contributed by atoms with Gasteiger partial charge in [-0.05, 0) is 38.3 Å². The van der Waals surface area contributed by atoms with Crippen LogP contribution >= 0.6 is 0 Å². The lowest BCUT2D eigenvalue weighted by Crippen LogP contribution is -2.26. The highest BCUT2D eigenvalue weighted by atomic mass is 19.4. The summed E-state index contributed by atoms with van der Waals surface area (Å²) < 4.78 is 41.2. The van der Waals surface area contributed by atoms with Crippen molar-refractivity contribution in [3.8, 4) is 0 Å². The Hall–Kier alpha value is -2.85. The van der Waals surface area contributed by atoms with Gasteiger partial charge < -0.3 is 10.4 Å². The van der Waals surface area contributed by atoms with Crippen LogP contribution in [0.4, 0.5) is 13.2 Å². The van der Waals surface area contributed by atoms with Gasteiger partial charge in [0.2, 0.25) is 0 Å². The molecule has 1 aliphatic carbocycles. The monoisotopic (exact) mass is 399 g/mol. The van der Waals surface area contributed by atoms with Gasteiger partial charge in [0.1, 0.15) is 11.7 Å². The Morgan fingerprint density at radius 1 is 1.36 bits per heavy atom. The van der Waals surface area contributed by atoms with E-state index in [1.165, 1.54) is 28.6 Å². The van der Waals surface area contributed by atoms with Crippen LogP contribution in [-0.2, 0) is 17.5 Å². The number of carbonyl (C=O) groups is 2. The van der Waals surface area contributed by atoms with Crippen molar-refractivity contribution in [2.75, 3.05) is 6.54 Å².